The van der Waals surface area contributed by atoms with E-state index in [1.54, 1.807) is 0 Å². The fourth-order valence-corrected chi connectivity index (χ4v) is 4.63. The molecule has 0 spiro atoms. The van der Waals surface area contributed by atoms with Crippen LogP contribution in [0.3, 0.4) is 0 Å². The van der Waals surface area contributed by atoms with Crippen LogP contribution in [0.5, 0.6) is 0 Å². The van der Waals surface area contributed by atoms with Gasteiger partial charge in [0.25, 0.3) is 0 Å². The van der Waals surface area contributed by atoms with E-state index in [2.05, 4.69) is 104 Å². The quantitative estimate of drug-likeness (QED) is 0.302. The maximum absolute atomic E-state index is 3.81. The highest BCUT2D eigenvalue weighted by molar-refractivity contribution is 6.23. The van der Waals surface area contributed by atoms with Crippen molar-refractivity contribution in [3.8, 4) is 11.1 Å². The number of benzene rings is 5. The Balaban J connectivity index is 1.85. The molecule has 0 aliphatic carbocycles. The molecule has 0 saturated heterocycles. The van der Waals surface area contributed by atoms with E-state index in [0.717, 1.165) is 0 Å². The molecule has 1 N–H and O–H groups in total. The van der Waals surface area contributed by atoms with Crippen LogP contribution in [0.2, 0.25) is 0 Å². The third-order valence-corrected chi connectivity index (χ3v) is 6.11. The van der Waals surface area contributed by atoms with E-state index in [4.69, 9.17) is 0 Å². The number of aromatic amines is 1. The Morgan fingerprint density at radius 3 is 2.14 bits per heavy atom. The monoisotopic (exact) mass is 371 g/mol. The maximum atomic E-state index is 3.81. The van der Waals surface area contributed by atoms with Crippen LogP contribution in [-0.4, -0.2) is 4.98 Å². The lowest BCUT2D eigenvalue weighted by molar-refractivity contribution is 1.47. The summed E-state index contributed by atoms with van der Waals surface area (Å²) in [5.41, 5.74) is 7.56. The number of aryl methyl sites for hydroxylation is 2. The average Bonchev–Trinajstić information content (AvgIpc) is 3.11. The van der Waals surface area contributed by atoms with Gasteiger partial charge >= 0.3 is 0 Å². The van der Waals surface area contributed by atoms with Gasteiger partial charge in [0.1, 0.15) is 0 Å². The molecule has 5 aromatic carbocycles. The molecule has 0 atom stereocenters. The second-order valence-electron chi connectivity index (χ2n) is 8.10. The summed E-state index contributed by atoms with van der Waals surface area (Å²) in [7, 11) is 0. The molecule has 6 aromatic rings. The summed E-state index contributed by atoms with van der Waals surface area (Å²) in [6.07, 6.45) is 0. The molecule has 1 heterocycles. The van der Waals surface area contributed by atoms with Crippen molar-refractivity contribution in [2.45, 2.75) is 13.8 Å². The predicted molar refractivity (Wildman–Crippen MR) is 126 cm³/mol. The van der Waals surface area contributed by atoms with Gasteiger partial charge in [0.05, 0.1) is 11.0 Å². The Labute approximate surface area is 169 Å². The van der Waals surface area contributed by atoms with Crippen molar-refractivity contribution in [3.63, 3.8) is 0 Å². The van der Waals surface area contributed by atoms with Gasteiger partial charge < -0.3 is 4.98 Å². The summed E-state index contributed by atoms with van der Waals surface area (Å²) in [5.74, 6) is 0. The molecule has 0 radical (unpaired) electrons. The van der Waals surface area contributed by atoms with Crippen molar-refractivity contribution in [2.75, 3.05) is 0 Å². The standard InChI is InChI=1S/C28H21N/c1-17-7-10-20(11-8-17)26-24-15-18(2)9-12-21(24)16-25-23-14-13-19-5-3-4-6-22(19)27(23)29-28(25)26/h3-16,29H,1-2H3. The Morgan fingerprint density at radius 1 is 0.517 bits per heavy atom. The zero-order valence-corrected chi connectivity index (χ0v) is 16.6. The van der Waals surface area contributed by atoms with Crippen LogP contribution in [0.15, 0.2) is 84.9 Å². The molecule has 1 nitrogen and oxygen atoms in total. The summed E-state index contributed by atoms with van der Waals surface area (Å²) in [4.78, 5) is 3.81. The van der Waals surface area contributed by atoms with Gasteiger partial charge in [-0.3, -0.25) is 0 Å². The van der Waals surface area contributed by atoms with Crippen LogP contribution in [-0.2, 0) is 0 Å². The normalized spacial score (nSPS) is 11.8. The maximum Gasteiger partial charge on any atom is 0.0551 e. The predicted octanol–water partition coefficient (Wildman–Crippen LogP) is 7.91. The zero-order valence-electron chi connectivity index (χ0n) is 16.6. The van der Waals surface area contributed by atoms with Gasteiger partial charge in [-0.1, -0.05) is 90.0 Å². The van der Waals surface area contributed by atoms with Crippen molar-refractivity contribution in [2.24, 2.45) is 0 Å². The van der Waals surface area contributed by atoms with E-state index in [-0.39, 0.29) is 0 Å². The first-order valence-electron chi connectivity index (χ1n) is 10.1. The summed E-state index contributed by atoms with van der Waals surface area (Å²) in [6, 6.07) is 31.1. The largest absolute Gasteiger partial charge is 0.353 e. The molecular weight excluding hydrogens is 350 g/mol. The second kappa shape index (κ2) is 5.96. The number of hydrogen-bond acceptors (Lipinski definition) is 0. The first-order chi connectivity index (χ1) is 14.2. The molecule has 6 rings (SSSR count). The Kier molecular flexibility index (Phi) is 3.36. The lowest BCUT2D eigenvalue weighted by Gasteiger charge is -2.11. The van der Waals surface area contributed by atoms with Crippen LogP contribution in [0.1, 0.15) is 11.1 Å². The van der Waals surface area contributed by atoms with Crippen LogP contribution in [0.25, 0.3) is 54.5 Å². The third-order valence-electron chi connectivity index (χ3n) is 6.11. The molecule has 29 heavy (non-hydrogen) atoms. The molecule has 138 valence electrons. The molecule has 1 aromatic heterocycles. The molecule has 0 unspecified atom stereocenters. The fraction of sp³-hybridized carbons (Fsp3) is 0.0714. The highest BCUT2D eigenvalue weighted by atomic mass is 14.7. The van der Waals surface area contributed by atoms with Crippen molar-refractivity contribution in [3.05, 3.63) is 96.1 Å². The Bertz CT molecular complexity index is 1550. The van der Waals surface area contributed by atoms with Crippen molar-refractivity contribution >= 4 is 43.4 Å². The van der Waals surface area contributed by atoms with E-state index in [1.165, 1.54) is 65.6 Å². The van der Waals surface area contributed by atoms with E-state index >= 15 is 0 Å². The lowest BCUT2D eigenvalue weighted by Crippen LogP contribution is -1.86. The van der Waals surface area contributed by atoms with E-state index < -0.39 is 0 Å². The molecule has 0 amide bonds. The Morgan fingerprint density at radius 2 is 1.28 bits per heavy atom. The first-order valence-corrected chi connectivity index (χ1v) is 10.1. The fourth-order valence-electron chi connectivity index (χ4n) is 4.63. The average molecular weight is 371 g/mol. The molecule has 1 heteroatoms. The van der Waals surface area contributed by atoms with E-state index in [0.29, 0.717) is 0 Å². The minimum Gasteiger partial charge on any atom is -0.353 e. The lowest BCUT2D eigenvalue weighted by atomic mass is 9.93. The van der Waals surface area contributed by atoms with Crippen LogP contribution >= 0.6 is 0 Å². The first kappa shape index (κ1) is 16.4. The molecule has 0 aliphatic heterocycles. The van der Waals surface area contributed by atoms with Crippen LogP contribution in [0.4, 0.5) is 0 Å². The molecule has 0 aliphatic rings. The number of nitrogens with one attached hydrogen (secondary N) is 1. The van der Waals surface area contributed by atoms with E-state index in [9.17, 15) is 0 Å². The SMILES string of the molecule is Cc1ccc(-c2c3cc(C)ccc3cc3c2[nH]c2c4ccccc4ccc32)cc1. The van der Waals surface area contributed by atoms with Gasteiger partial charge in [0, 0.05) is 21.7 Å². The highest BCUT2D eigenvalue weighted by Gasteiger charge is 2.15. The van der Waals surface area contributed by atoms with Crippen LogP contribution < -0.4 is 0 Å². The van der Waals surface area contributed by atoms with Crippen molar-refractivity contribution in [1.82, 2.24) is 4.98 Å². The van der Waals surface area contributed by atoms with Gasteiger partial charge in [0.15, 0.2) is 0 Å². The van der Waals surface area contributed by atoms with Gasteiger partial charge in [-0.2, -0.15) is 0 Å². The number of aromatic nitrogens is 1. The summed E-state index contributed by atoms with van der Waals surface area (Å²) >= 11 is 0. The Hall–Kier alpha value is -3.58. The topological polar surface area (TPSA) is 15.8 Å². The smallest absolute Gasteiger partial charge is 0.0551 e. The van der Waals surface area contributed by atoms with Crippen molar-refractivity contribution < 1.29 is 0 Å². The summed E-state index contributed by atoms with van der Waals surface area (Å²) in [6.45, 7) is 4.31. The summed E-state index contributed by atoms with van der Waals surface area (Å²) in [5, 5.41) is 7.71. The van der Waals surface area contributed by atoms with Gasteiger partial charge in [-0.05, 0) is 41.6 Å². The van der Waals surface area contributed by atoms with Crippen LogP contribution in [0, 0.1) is 13.8 Å². The van der Waals surface area contributed by atoms with Gasteiger partial charge in [-0.25, -0.2) is 0 Å². The minimum absolute atomic E-state index is 1.22. The molecule has 0 bridgehead atoms. The molecular formula is C28H21N. The molecule has 0 saturated carbocycles. The van der Waals surface area contributed by atoms with Gasteiger partial charge in [-0.15, -0.1) is 0 Å². The number of rotatable bonds is 1. The number of hydrogen-bond donors (Lipinski definition) is 1. The zero-order chi connectivity index (χ0) is 19.5. The van der Waals surface area contributed by atoms with Crippen molar-refractivity contribution in [1.29, 1.82) is 0 Å². The second-order valence-corrected chi connectivity index (χ2v) is 8.10. The minimum atomic E-state index is 1.22. The van der Waals surface area contributed by atoms with E-state index in [1.807, 2.05) is 0 Å². The number of H-pyrrole nitrogens is 1. The summed E-state index contributed by atoms with van der Waals surface area (Å²) < 4.78 is 0. The third kappa shape index (κ3) is 2.41. The number of fused-ring (bicyclic) bond motifs is 6. The van der Waals surface area contributed by atoms with Gasteiger partial charge in [0.2, 0.25) is 0 Å². The molecule has 0 fully saturated rings. The highest BCUT2D eigenvalue weighted by Crippen LogP contribution is 2.41.